The normalized spacial score (nSPS) is 15.2. The van der Waals surface area contributed by atoms with E-state index in [2.05, 4.69) is 0 Å². The standard InChI is InChI=1S/C21H19NO5S/c1-13-6-4-5-7-16(13)12-22-20(24)19(28-21(22)25)11-15-8-9-17(27-14(2)23)18(10-15)26-3/h4-11H,12H2,1-3H3/b19-11-. The number of hydrogen-bond donors (Lipinski definition) is 0. The van der Waals surface area contributed by atoms with Crippen molar-refractivity contribution < 1.29 is 23.9 Å². The van der Waals surface area contributed by atoms with Crippen molar-refractivity contribution in [2.45, 2.75) is 20.4 Å². The molecule has 1 fully saturated rings. The number of esters is 1. The fourth-order valence-electron chi connectivity index (χ4n) is 2.76. The molecule has 2 aromatic carbocycles. The predicted molar refractivity (Wildman–Crippen MR) is 107 cm³/mol. The first-order valence-electron chi connectivity index (χ1n) is 8.55. The van der Waals surface area contributed by atoms with Gasteiger partial charge in [0.2, 0.25) is 0 Å². The lowest BCUT2D eigenvalue weighted by atomic mass is 10.1. The number of rotatable bonds is 5. The molecule has 6 nitrogen and oxygen atoms in total. The van der Waals surface area contributed by atoms with Crippen LogP contribution >= 0.6 is 11.8 Å². The van der Waals surface area contributed by atoms with E-state index >= 15 is 0 Å². The van der Waals surface area contributed by atoms with Crippen LogP contribution in [0, 0.1) is 6.92 Å². The van der Waals surface area contributed by atoms with Crippen molar-refractivity contribution in [3.05, 3.63) is 64.1 Å². The van der Waals surface area contributed by atoms with Crippen LogP contribution in [0.5, 0.6) is 11.5 Å². The van der Waals surface area contributed by atoms with Gasteiger partial charge in [0, 0.05) is 6.92 Å². The molecule has 2 aromatic rings. The van der Waals surface area contributed by atoms with Gasteiger partial charge < -0.3 is 9.47 Å². The van der Waals surface area contributed by atoms with Gasteiger partial charge in [-0.05, 0) is 53.6 Å². The molecular weight excluding hydrogens is 378 g/mol. The number of imide groups is 1. The largest absolute Gasteiger partial charge is 0.493 e. The molecule has 3 rings (SSSR count). The molecule has 0 bridgehead atoms. The molecule has 2 amide bonds. The van der Waals surface area contributed by atoms with Gasteiger partial charge in [0.1, 0.15) is 0 Å². The number of aryl methyl sites for hydroxylation is 1. The monoisotopic (exact) mass is 397 g/mol. The third kappa shape index (κ3) is 4.26. The van der Waals surface area contributed by atoms with Gasteiger partial charge in [-0.3, -0.25) is 19.3 Å². The molecule has 28 heavy (non-hydrogen) atoms. The molecular formula is C21H19NO5S. The Morgan fingerprint density at radius 3 is 2.57 bits per heavy atom. The fraction of sp³-hybridized carbons (Fsp3) is 0.190. The summed E-state index contributed by atoms with van der Waals surface area (Å²) in [6, 6.07) is 12.6. The molecule has 0 N–H and O–H groups in total. The average molecular weight is 397 g/mol. The van der Waals surface area contributed by atoms with Crippen LogP contribution in [-0.4, -0.2) is 29.1 Å². The van der Waals surface area contributed by atoms with E-state index in [1.54, 1.807) is 24.3 Å². The summed E-state index contributed by atoms with van der Waals surface area (Å²) < 4.78 is 10.3. The Balaban J connectivity index is 1.83. The highest BCUT2D eigenvalue weighted by molar-refractivity contribution is 8.18. The molecule has 1 aliphatic rings. The number of thioether (sulfide) groups is 1. The molecule has 0 aromatic heterocycles. The minimum Gasteiger partial charge on any atom is -0.493 e. The van der Waals surface area contributed by atoms with Crippen molar-refractivity contribution in [1.29, 1.82) is 0 Å². The van der Waals surface area contributed by atoms with E-state index in [1.165, 1.54) is 18.9 Å². The van der Waals surface area contributed by atoms with Crippen LogP contribution in [0.2, 0.25) is 0 Å². The van der Waals surface area contributed by atoms with Crippen molar-refractivity contribution in [2.75, 3.05) is 7.11 Å². The highest BCUT2D eigenvalue weighted by Crippen LogP contribution is 2.35. The maximum atomic E-state index is 12.7. The number of amides is 2. The Morgan fingerprint density at radius 1 is 1.14 bits per heavy atom. The Bertz CT molecular complexity index is 983. The number of carbonyl (C=O) groups excluding carboxylic acids is 3. The van der Waals surface area contributed by atoms with Gasteiger partial charge in [-0.1, -0.05) is 30.3 Å². The molecule has 1 heterocycles. The zero-order chi connectivity index (χ0) is 20.3. The van der Waals surface area contributed by atoms with Gasteiger partial charge in [0.15, 0.2) is 11.5 Å². The quantitative estimate of drug-likeness (QED) is 0.428. The number of nitrogens with zero attached hydrogens (tertiary/aromatic N) is 1. The van der Waals surface area contributed by atoms with E-state index in [-0.39, 0.29) is 17.7 Å². The summed E-state index contributed by atoms with van der Waals surface area (Å²) in [5, 5.41) is -0.303. The second-order valence-corrected chi connectivity index (χ2v) is 7.19. The average Bonchev–Trinajstić information content (AvgIpc) is 2.91. The fourth-order valence-corrected chi connectivity index (χ4v) is 3.60. The molecule has 1 aliphatic heterocycles. The van der Waals surface area contributed by atoms with E-state index in [1.807, 2.05) is 31.2 Å². The number of carbonyl (C=O) groups is 3. The summed E-state index contributed by atoms with van der Waals surface area (Å²) in [7, 11) is 1.46. The molecule has 0 atom stereocenters. The lowest BCUT2D eigenvalue weighted by molar-refractivity contribution is -0.132. The second kappa shape index (κ2) is 8.31. The molecule has 7 heteroatoms. The summed E-state index contributed by atoms with van der Waals surface area (Å²) in [6.07, 6.45) is 1.63. The second-order valence-electron chi connectivity index (χ2n) is 6.20. The maximum Gasteiger partial charge on any atom is 0.308 e. The minimum atomic E-state index is -0.455. The van der Waals surface area contributed by atoms with E-state index < -0.39 is 5.97 Å². The van der Waals surface area contributed by atoms with Crippen LogP contribution in [0.4, 0.5) is 4.79 Å². The topological polar surface area (TPSA) is 72.9 Å². The molecule has 1 saturated heterocycles. The summed E-state index contributed by atoms with van der Waals surface area (Å²) in [5.74, 6) is -0.132. The highest BCUT2D eigenvalue weighted by Gasteiger charge is 2.35. The highest BCUT2D eigenvalue weighted by atomic mass is 32.2. The Kier molecular flexibility index (Phi) is 5.84. The van der Waals surface area contributed by atoms with E-state index in [9.17, 15) is 14.4 Å². The molecule has 0 radical (unpaired) electrons. The SMILES string of the molecule is COc1cc(/C=C2\SC(=O)N(Cc3ccccc3C)C2=O)ccc1OC(C)=O. The number of hydrogen-bond acceptors (Lipinski definition) is 6. The van der Waals surface area contributed by atoms with E-state index in [0.29, 0.717) is 22.0 Å². The first-order chi connectivity index (χ1) is 13.4. The van der Waals surface area contributed by atoms with Crippen LogP contribution in [0.15, 0.2) is 47.4 Å². The van der Waals surface area contributed by atoms with Gasteiger partial charge in [0.05, 0.1) is 18.6 Å². The third-order valence-corrected chi connectivity index (χ3v) is 5.11. The van der Waals surface area contributed by atoms with Gasteiger partial charge in [-0.15, -0.1) is 0 Å². The molecule has 0 saturated carbocycles. The zero-order valence-electron chi connectivity index (χ0n) is 15.7. The number of benzene rings is 2. The van der Waals surface area contributed by atoms with E-state index in [0.717, 1.165) is 22.9 Å². The summed E-state index contributed by atoms with van der Waals surface area (Å²) >= 11 is 0.902. The summed E-state index contributed by atoms with van der Waals surface area (Å²) in [5.41, 5.74) is 2.61. The molecule has 0 spiro atoms. The van der Waals surface area contributed by atoms with Crippen molar-refractivity contribution in [2.24, 2.45) is 0 Å². The third-order valence-electron chi connectivity index (χ3n) is 4.20. The number of methoxy groups -OCH3 is 1. The van der Waals surface area contributed by atoms with Crippen LogP contribution in [-0.2, 0) is 16.1 Å². The first kappa shape index (κ1) is 19.7. The molecule has 144 valence electrons. The van der Waals surface area contributed by atoms with Crippen LogP contribution < -0.4 is 9.47 Å². The van der Waals surface area contributed by atoms with Crippen LogP contribution in [0.1, 0.15) is 23.6 Å². The number of ether oxygens (including phenoxy) is 2. The van der Waals surface area contributed by atoms with Crippen LogP contribution in [0.3, 0.4) is 0 Å². The van der Waals surface area contributed by atoms with Gasteiger partial charge in [-0.2, -0.15) is 0 Å². The Hall–Kier alpha value is -3.06. The van der Waals surface area contributed by atoms with Crippen molar-refractivity contribution in [3.63, 3.8) is 0 Å². The van der Waals surface area contributed by atoms with Gasteiger partial charge >= 0.3 is 5.97 Å². The van der Waals surface area contributed by atoms with Gasteiger partial charge in [0.25, 0.3) is 11.1 Å². The Morgan fingerprint density at radius 2 is 1.89 bits per heavy atom. The van der Waals surface area contributed by atoms with Crippen molar-refractivity contribution in [1.82, 2.24) is 4.90 Å². The van der Waals surface area contributed by atoms with Gasteiger partial charge in [-0.25, -0.2) is 0 Å². The molecule has 0 unspecified atom stereocenters. The maximum absolute atomic E-state index is 12.7. The zero-order valence-corrected chi connectivity index (χ0v) is 16.5. The van der Waals surface area contributed by atoms with E-state index in [4.69, 9.17) is 9.47 Å². The Labute approximate surface area is 167 Å². The lowest BCUT2D eigenvalue weighted by Gasteiger charge is -2.14. The minimum absolute atomic E-state index is 0.239. The predicted octanol–water partition coefficient (Wildman–Crippen LogP) is 4.17. The first-order valence-corrected chi connectivity index (χ1v) is 9.37. The summed E-state index contributed by atoms with van der Waals surface area (Å²) in [6.45, 7) is 3.49. The van der Waals surface area contributed by atoms with Crippen molar-refractivity contribution >= 4 is 35.0 Å². The smallest absolute Gasteiger partial charge is 0.308 e. The molecule has 0 aliphatic carbocycles. The lowest BCUT2D eigenvalue weighted by Crippen LogP contribution is -2.27. The van der Waals surface area contributed by atoms with Crippen LogP contribution in [0.25, 0.3) is 6.08 Å². The summed E-state index contributed by atoms with van der Waals surface area (Å²) in [4.78, 5) is 37.8. The van der Waals surface area contributed by atoms with Crippen molar-refractivity contribution in [3.8, 4) is 11.5 Å².